The van der Waals surface area contributed by atoms with Gasteiger partial charge in [-0.25, -0.2) is 13.6 Å². The van der Waals surface area contributed by atoms with Crippen LogP contribution in [0.15, 0.2) is 66.3 Å². The van der Waals surface area contributed by atoms with E-state index in [-0.39, 0.29) is 6.42 Å². The molecule has 28 heavy (non-hydrogen) atoms. The van der Waals surface area contributed by atoms with E-state index in [1.165, 1.54) is 6.08 Å². The van der Waals surface area contributed by atoms with Crippen molar-refractivity contribution in [1.29, 1.82) is 0 Å². The molecule has 4 atom stereocenters. The van der Waals surface area contributed by atoms with Gasteiger partial charge in [0.25, 0.3) is 11.2 Å². The predicted octanol–water partition coefficient (Wildman–Crippen LogP) is 2.88. The minimum atomic E-state index is -1.44. The topological polar surface area (TPSA) is 34.1 Å². The lowest BCUT2D eigenvalue weighted by molar-refractivity contribution is -0.832. The summed E-state index contributed by atoms with van der Waals surface area (Å²) in [6.07, 6.45) is 3.45. The van der Waals surface area contributed by atoms with Crippen molar-refractivity contribution >= 4 is 11.5 Å². The largest absolute Gasteiger partial charge is 0.409 e. The normalized spacial score (nSPS) is 36.9. The molecule has 2 aliphatic carbocycles. The van der Waals surface area contributed by atoms with Crippen LogP contribution in [0.2, 0.25) is 0 Å². The lowest BCUT2D eigenvalue weighted by Gasteiger charge is -2.27. The molecule has 6 rings (SSSR count). The van der Waals surface area contributed by atoms with Gasteiger partial charge in [0, 0.05) is 37.6 Å². The monoisotopic (exact) mass is 380 g/mol. The Hall–Kier alpha value is -2.89. The Balaban J connectivity index is 1.75. The van der Waals surface area contributed by atoms with Crippen molar-refractivity contribution in [1.82, 2.24) is 0 Å². The molecule has 0 bridgehead atoms. The summed E-state index contributed by atoms with van der Waals surface area (Å²) in [5.41, 5.74) is -0.420. The SMILES string of the molecule is CC12C3=C(c4cccc[n+]4C1(C)C21OC(=O)c2cccc[n+]21)C(F)CC(F)=C3. The first-order valence-electron chi connectivity index (χ1n) is 9.39. The zero-order valence-electron chi connectivity index (χ0n) is 15.4. The fraction of sp³-hybridized carbons (Fsp3) is 0.318. The first kappa shape index (κ1) is 16.1. The Labute approximate surface area is 160 Å². The molecule has 1 spiro atoms. The molecule has 140 valence electrons. The Morgan fingerprint density at radius 3 is 2.50 bits per heavy atom. The van der Waals surface area contributed by atoms with Gasteiger partial charge in [-0.05, 0) is 30.7 Å². The smallest absolute Gasteiger partial charge is 0.385 e. The van der Waals surface area contributed by atoms with Crippen molar-refractivity contribution < 1.29 is 27.4 Å². The summed E-state index contributed by atoms with van der Waals surface area (Å²) in [7, 11) is 0. The molecule has 0 saturated heterocycles. The highest BCUT2D eigenvalue weighted by Gasteiger charge is 3.05. The van der Waals surface area contributed by atoms with Crippen molar-refractivity contribution in [3.63, 3.8) is 0 Å². The van der Waals surface area contributed by atoms with Crippen LogP contribution in [-0.4, -0.2) is 12.1 Å². The summed E-state index contributed by atoms with van der Waals surface area (Å²) in [5, 5.41) is 0. The summed E-state index contributed by atoms with van der Waals surface area (Å²) in [6, 6.07) is 10.9. The number of fused-ring (bicyclic) bond motifs is 9. The number of carbonyl (C=O) groups excluding carboxylic acids is 1. The Bertz CT molecular complexity index is 1170. The van der Waals surface area contributed by atoms with E-state index in [0.717, 1.165) is 0 Å². The van der Waals surface area contributed by atoms with Crippen LogP contribution in [-0.2, 0) is 16.0 Å². The standard InChI is InChI=1S/C22H18F2N2O2/c1-20-14-11-13(23)12-15(24)18(14)16-7-3-5-9-25(16)21(20,2)22(20)26-10-6-4-8-17(26)19(27)28-22/h3-11,15H,12H2,1-2H3/q+2. The van der Waals surface area contributed by atoms with Gasteiger partial charge in [0.2, 0.25) is 5.69 Å². The molecule has 0 radical (unpaired) electrons. The first-order chi connectivity index (χ1) is 13.4. The molecule has 0 aromatic carbocycles. The zero-order chi connectivity index (χ0) is 19.5. The van der Waals surface area contributed by atoms with Crippen molar-refractivity contribution in [2.24, 2.45) is 5.41 Å². The second-order valence-electron chi connectivity index (χ2n) is 8.23. The van der Waals surface area contributed by atoms with Gasteiger partial charge in [-0.1, -0.05) is 0 Å². The van der Waals surface area contributed by atoms with Gasteiger partial charge >= 0.3 is 11.7 Å². The third-order valence-corrected chi connectivity index (χ3v) is 7.33. The minimum Gasteiger partial charge on any atom is -0.385 e. The highest BCUT2D eigenvalue weighted by Crippen LogP contribution is 2.77. The molecule has 0 amide bonds. The van der Waals surface area contributed by atoms with Gasteiger partial charge < -0.3 is 4.74 Å². The number of esters is 1. The van der Waals surface area contributed by atoms with Crippen LogP contribution >= 0.6 is 0 Å². The van der Waals surface area contributed by atoms with Crippen LogP contribution in [0.3, 0.4) is 0 Å². The zero-order valence-corrected chi connectivity index (χ0v) is 15.4. The van der Waals surface area contributed by atoms with Crippen LogP contribution in [0.4, 0.5) is 8.78 Å². The number of halogens is 2. The molecule has 2 aromatic rings. The highest BCUT2D eigenvalue weighted by molar-refractivity contribution is 5.88. The van der Waals surface area contributed by atoms with E-state index >= 15 is 4.39 Å². The van der Waals surface area contributed by atoms with Crippen LogP contribution in [0, 0.1) is 5.41 Å². The van der Waals surface area contributed by atoms with Gasteiger partial charge in [0.15, 0.2) is 17.8 Å². The van der Waals surface area contributed by atoms with E-state index in [1.807, 2.05) is 59.6 Å². The quantitative estimate of drug-likeness (QED) is 0.520. The molecular formula is C22H18F2N2O2+2. The van der Waals surface area contributed by atoms with Gasteiger partial charge in [0.05, 0.1) is 5.57 Å². The van der Waals surface area contributed by atoms with Crippen LogP contribution < -0.4 is 9.13 Å². The lowest BCUT2D eigenvalue weighted by Crippen LogP contribution is -2.60. The number of ether oxygens (including phenoxy) is 1. The van der Waals surface area contributed by atoms with Crippen molar-refractivity contribution in [2.45, 2.75) is 37.7 Å². The van der Waals surface area contributed by atoms with E-state index in [1.54, 1.807) is 12.1 Å². The van der Waals surface area contributed by atoms with E-state index in [2.05, 4.69) is 0 Å². The minimum absolute atomic E-state index is 0.267. The first-order valence-corrected chi connectivity index (χ1v) is 9.39. The second kappa shape index (κ2) is 4.57. The van der Waals surface area contributed by atoms with Crippen molar-refractivity contribution in [3.05, 3.63) is 77.7 Å². The van der Waals surface area contributed by atoms with Gasteiger partial charge in [-0.2, -0.15) is 4.57 Å². The number of alkyl halides is 1. The average Bonchev–Trinajstić information content (AvgIpc) is 2.96. The van der Waals surface area contributed by atoms with Crippen LogP contribution in [0.25, 0.3) is 5.57 Å². The summed E-state index contributed by atoms with van der Waals surface area (Å²) in [5.74, 6) is -0.904. The molecule has 4 heterocycles. The second-order valence-corrected chi connectivity index (χ2v) is 8.23. The van der Waals surface area contributed by atoms with Crippen LogP contribution in [0.5, 0.6) is 0 Å². The van der Waals surface area contributed by atoms with E-state index < -0.39 is 34.6 Å². The maximum atomic E-state index is 15.1. The van der Waals surface area contributed by atoms with E-state index in [9.17, 15) is 9.18 Å². The molecule has 4 unspecified atom stereocenters. The maximum absolute atomic E-state index is 15.1. The molecule has 4 aliphatic rings. The Morgan fingerprint density at radius 2 is 1.75 bits per heavy atom. The van der Waals surface area contributed by atoms with E-state index in [4.69, 9.17) is 4.74 Å². The number of hydrogen-bond acceptors (Lipinski definition) is 2. The number of carbonyl (C=O) groups is 1. The highest BCUT2D eigenvalue weighted by atomic mass is 19.1. The molecule has 4 nitrogen and oxygen atoms in total. The fourth-order valence-electron chi connectivity index (χ4n) is 5.97. The molecule has 2 aromatic heterocycles. The Morgan fingerprint density at radius 1 is 1.07 bits per heavy atom. The predicted molar refractivity (Wildman–Crippen MR) is 94.0 cm³/mol. The van der Waals surface area contributed by atoms with Gasteiger partial charge in [-0.3, -0.25) is 0 Å². The number of nitrogens with zero attached hydrogens (tertiary/aromatic N) is 2. The molecule has 0 N–H and O–H groups in total. The number of pyridine rings is 2. The Kier molecular flexibility index (Phi) is 2.62. The summed E-state index contributed by atoms with van der Waals surface area (Å²) in [4.78, 5) is 12.7. The molecule has 1 fully saturated rings. The van der Waals surface area contributed by atoms with Gasteiger partial charge in [-0.15, -0.1) is 4.57 Å². The van der Waals surface area contributed by atoms with Crippen LogP contribution in [0.1, 0.15) is 36.5 Å². The molecule has 2 aliphatic heterocycles. The third-order valence-electron chi connectivity index (χ3n) is 7.33. The summed E-state index contributed by atoms with van der Waals surface area (Å²) in [6.45, 7) is 3.94. The average molecular weight is 380 g/mol. The summed E-state index contributed by atoms with van der Waals surface area (Å²) < 4.78 is 39.4. The molecule has 6 heteroatoms. The number of rotatable bonds is 0. The number of allylic oxidation sites excluding steroid dienone is 3. The lowest BCUT2D eigenvalue weighted by atomic mass is 9.78. The number of aromatic nitrogens is 2. The summed E-state index contributed by atoms with van der Waals surface area (Å²) >= 11 is 0. The van der Waals surface area contributed by atoms with Gasteiger partial charge in [0.1, 0.15) is 12.0 Å². The third kappa shape index (κ3) is 1.36. The van der Waals surface area contributed by atoms with Crippen molar-refractivity contribution in [3.8, 4) is 0 Å². The van der Waals surface area contributed by atoms with E-state index in [0.29, 0.717) is 22.5 Å². The fourth-order valence-corrected chi connectivity index (χ4v) is 5.97. The molecule has 1 saturated carbocycles. The molecular weight excluding hydrogens is 362 g/mol. The van der Waals surface area contributed by atoms with Crippen molar-refractivity contribution in [2.75, 3.05) is 0 Å². The maximum Gasteiger partial charge on any atom is 0.409 e. The number of hydrogen-bond donors (Lipinski definition) is 0.